The van der Waals surface area contributed by atoms with Gasteiger partial charge in [0.2, 0.25) is 0 Å². The van der Waals surface area contributed by atoms with Crippen molar-refractivity contribution in [2.75, 3.05) is 11.5 Å². The van der Waals surface area contributed by atoms with E-state index >= 15 is 0 Å². The van der Waals surface area contributed by atoms with E-state index in [9.17, 15) is 9.59 Å². The standard InChI is InChI=1S/C20H16N2O4/c21-15-9-10-16(17(18(15)22)12-5-2-1-3-6-12)26-20(25)14-8-4-7-13(11-14)19(23)24/h1-11H,21-22H2,(H,23,24). The van der Waals surface area contributed by atoms with E-state index in [0.29, 0.717) is 16.9 Å². The van der Waals surface area contributed by atoms with Crippen LogP contribution in [0.25, 0.3) is 11.1 Å². The Morgan fingerprint density at radius 1 is 0.846 bits per heavy atom. The summed E-state index contributed by atoms with van der Waals surface area (Å²) in [4.78, 5) is 23.6. The molecule has 0 aliphatic carbocycles. The van der Waals surface area contributed by atoms with Gasteiger partial charge in [-0.15, -0.1) is 0 Å². The molecule has 3 aromatic carbocycles. The summed E-state index contributed by atoms with van der Waals surface area (Å²) in [6.07, 6.45) is 0. The minimum absolute atomic E-state index is 0.000414. The van der Waals surface area contributed by atoms with Crippen LogP contribution >= 0.6 is 0 Å². The molecule has 5 N–H and O–H groups in total. The van der Waals surface area contributed by atoms with Crippen molar-refractivity contribution in [2.24, 2.45) is 0 Å². The van der Waals surface area contributed by atoms with Gasteiger partial charge in [0, 0.05) is 5.56 Å². The molecular formula is C20H16N2O4. The fraction of sp³-hybridized carbons (Fsp3) is 0. The second-order valence-electron chi connectivity index (χ2n) is 5.58. The predicted molar refractivity (Wildman–Crippen MR) is 99.1 cm³/mol. The number of nitrogen functional groups attached to an aromatic ring is 2. The molecule has 3 aromatic rings. The lowest BCUT2D eigenvalue weighted by Crippen LogP contribution is -2.11. The molecule has 0 radical (unpaired) electrons. The zero-order valence-electron chi connectivity index (χ0n) is 13.7. The second kappa shape index (κ2) is 6.98. The van der Waals surface area contributed by atoms with Gasteiger partial charge >= 0.3 is 11.9 Å². The lowest BCUT2D eigenvalue weighted by Gasteiger charge is -2.14. The molecule has 0 spiro atoms. The number of carboxylic acids is 1. The maximum Gasteiger partial charge on any atom is 0.343 e. The van der Waals surface area contributed by atoms with Gasteiger partial charge in [0.15, 0.2) is 0 Å². The molecule has 130 valence electrons. The number of anilines is 2. The van der Waals surface area contributed by atoms with Crippen LogP contribution < -0.4 is 16.2 Å². The molecule has 26 heavy (non-hydrogen) atoms. The van der Waals surface area contributed by atoms with Crippen molar-refractivity contribution in [3.63, 3.8) is 0 Å². The number of ether oxygens (including phenoxy) is 1. The van der Waals surface area contributed by atoms with Gasteiger partial charge in [-0.1, -0.05) is 36.4 Å². The number of hydrogen-bond donors (Lipinski definition) is 3. The van der Waals surface area contributed by atoms with Crippen LogP contribution in [0.5, 0.6) is 5.75 Å². The first-order chi connectivity index (χ1) is 12.5. The van der Waals surface area contributed by atoms with Crippen molar-refractivity contribution >= 4 is 23.3 Å². The highest BCUT2D eigenvalue weighted by Gasteiger charge is 2.17. The number of carbonyl (C=O) groups is 2. The molecule has 0 aliphatic rings. The number of carboxylic acid groups (broad SMARTS) is 1. The summed E-state index contributed by atoms with van der Waals surface area (Å²) in [7, 11) is 0. The van der Waals surface area contributed by atoms with E-state index in [4.69, 9.17) is 21.3 Å². The van der Waals surface area contributed by atoms with Gasteiger partial charge in [-0.2, -0.15) is 0 Å². The third-order valence-corrected chi connectivity index (χ3v) is 3.85. The molecule has 6 nitrogen and oxygen atoms in total. The fourth-order valence-corrected chi connectivity index (χ4v) is 2.54. The molecule has 3 rings (SSSR count). The molecule has 0 atom stereocenters. The quantitative estimate of drug-likeness (QED) is 0.378. The second-order valence-corrected chi connectivity index (χ2v) is 5.58. The zero-order chi connectivity index (χ0) is 18.7. The molecule has 0 saturated heterocycles. The minimum atomic E-state index is -1.12. The Bertz CT molecular complexity index is 984. The Morgan fingerprint density at radius 2 is 1.54 bits per heavy atom. The summed E-state index contributed by atoms with van der Waals surface area (Å²) in [5.74, 6) is -1.57. The number of benzene rings is 3. The number of hydrogen-bond acceptors (Lipinski definition) is 5. The summed E-state index contributed by atoms with van der Waals surface area (Å²) >= 11 is 0. The molecule has 0 fully saturated rings. The van der Waals surface area contributed by atoms with E-state index < -0.39 is 11.9 Å². The number of nitrogens with two attached hydrogens (primary N) is 2. The van der Waals surface area contributed by atoms with Crippen molar-refractivity contribution in [1.29, 1.82) is 0 Å². The van der Waals surface area contributed by atoms with Crippen LogP contribution in [-0.4, -0.2) is 17.0 Å². The summed E-state index contributed by atoms with van der Waals surface area (Å²) in [6.45, 7) is 0. The largest absolute Gasteiger partial charge is 0.478 e. The molecule has 0 bridgehead atoms. The lowest BCUT2D eigenvalue weighted by molar-refractivity contribution is 0.0697. The van der Waals surface area contributed by atoms with Crippen molar-refractivity contribution in [3.05, 3.63) is 77.9 Å². The average Bonchev–Trinajstić information content (AvgIpc) is 2.65. The highest BCUT2D eigenvalue weighted by atomic mass is 16.5. The first kappa shape index (κ1) is 17.0. The van der Waals surface area contributed by atoms with E-state index in [1.165, 1.54) is 24.3 Å². The smallest absolute Gasteiger partial charge is 0.343 e. The SMILES string of the molecule is Nc1ccc(OC(=O)c2cccc(C(=O)O)c2)c(-c2ccccc2)c1N. The lowest BCUT2D eigenvalue weighted by atomic mass is 10.0. The molecular weight excluding hydrogens is 332 g/mol. The average molecular weight is 348 g/mol. The number of carbonyl (C=O) groups excluding carboxylic acids is 1. The molecule has 6 heteroatoms. The Kier molecular flexibility index (Phi) is 4.57. The van der Waals surface area contributed by atoms with Crippen LogP contribution in [0.2, 0.25) is 0 Å². The molecule has 0 amide bonds. The Labute approximate surface area is 149 Å². The molecule has 0 aromatic heterocycles. The maximum atomic E-state index is 12.5. The van der Waals surface area contributed by atoms with Gasteiger partial charge < -0.3 is 21.3 Å². The van der Waals surface area contributed by atoms with E-state index in [2.05, 4.69) is 0 Å². The van der Waals surface area contributed by atoms with Crippen LogP contribution in [0.3, 0.4) is 0 Å². The van der Waals surface area contributed by atoms with E-state index in [1.54, 1.807) is 12.1 Å². The molecule has 0 saturated carbocycles. The van der Waals surface area contributed by atoms with Gasteiger partial charge in [0.25, 0.3) is 0 Å². The van der Waals surface area contributed by atoms with E-state index in [0.717, 1.165) is 5.56 Å². The highest BCUT2D eigenvalue weighted by Crippen LogP contribution is 2.38. The Balaban J connectivity index is 2.00. The normalized spacial score (nSPS) is 10.3. The van der Waals surface area contributed by atoms with Crippen molar-refractivity contribution < 1.29 is 19.4 Å². The fourth-order valence-electron chi connectivity index (χ4n) is 2.54. The third kappa shape index (κ3) is 3.34. The Hall–Kier alpha value is -3.80. The van der Waals surface area contributed by atoms with Gasteiger partial charge in [0.05, 0.1) is 22.5 Å². The van der Waals surface area contributed by atoms with Gasteiger partial charge in [0.1, 0.15) is 5.75 Å². The van der Waals surface area contributed by atoms with E-state index in [-0.39, 0.29) is 16.9 Å². The van der Waals surface area contributed by atoms with Crippen LogP contribution in [0.15, 0.2) is 66.7 Å². The Morgan fingerprint density at radius 3 is 2.23 bits per heavy atom. The number of aromatic carboxylic acids is 1. The van der Waals surface area contributed by atoms with Crippen molar-refractivity contribution in [1.82, 2.24) is 0 Å². The third-order valence-electron chi connectivity index (χ3n) is 3.85. The van der Waals surface area contributed by atoms with Gasteiger partial charge in [-0.05, 0) is 35.9 Å². The summed E-state index contributed by atoms with van der Waals surface area (Å²) in [5.41, 5.74) is 14.1. The summed E-state index contributed by atoms with van der Waals surface area (Å²) in [6, 6.07) is 17.9. The maximum absolute atomic E-state index is 12.5. The highest BCUT2D eigenvalue weighted by molar-refractivity contribution is 5.97. The number of rotatable bonds is 4. The zero-order valence-corrected chi connectivity index (χ0v) is 13.7. The van der Waals surface area contributed by atoms with Crippen LogP contribution in [0.1, 0.15) is 20.7 Å². The van der Waals surface area contributed by atoms with Gasteiger partial charge in [-0.3, -0.25) is 0 Å². The summed E-state index contributed by atoms with van der Waals surface area (Å²) in [5, 5.41) is 9.06. The minimum Gasteiger partial charge on any atom is -0.478 e. The molecule has 0 unspecified atom stereocenters. The van der Waals surface area contributed by atoms with Crippen molar-refractivity contribution in [3.8, 4) is 16.9 Å². The van der Waals surface area contributed by atoms with Gasteiger partial charge in [-0.25, -0.2) is 9.59 Å². The van der Waals surface area contributed by atoms with Crippen LogP contribution in [0.4, 0.5) is 11.4 Å². The molecule has 0 aliphatic heterocycles. The van der Waals surface area contributed by atoms with Crippen LogP contribution in [-0.2, 0) is 0 Å². The van der Waals surface area contributed by atoms with Crippen LogP contribution in [0, 0.1) is 0 Å². The van der Waals surface area contributed by atoms with Crippen molar-refractivity contribution in [2.45, 2.75) is 0 Å². The predicted octanol–water partition coefficient (Wildman–Crippen LogP) is 3.44. The molecule has 0 heterocycles. The summed E-state index contributed by atoms with van der Waals surface area (Å²) < 4.78 is 5.49. The first-order valence-electron chi connectivity index (χ1n) is 7.76. The number of esters is 1. The first-order valence-corrected chi connectivity index (χ1v) is 7.76. The topological polar surface area (TPSA) is 116 Å². The van der Waals surface area contributed by atoms with E-state index in [1.807, 2.05) is 30.3 Å². The monoisotopic (exact) mass is 348 g/mol.